The van der Waals surface area contributed by atoms with Crippen LogP contribution in [0.5, 0.6) is 5.75 Å². The quantitative estimate of drug-likeness (QED) is 0.585. The number of rotatable bonds is 0. The summed E-state index contributed by atoms with van der Waals surface area (Å²) in [5.41, 5.74) is 5.87. The molecule has 0 amide bonds. The predicted octanol–water partition coefficient (Wildman–Crippen LogP) is 0.0851. The van der Waals surface area contributed by atoms with Gasteiger partial charge in [-0.2, -0.15) is 14.6 Å². The maximum absolute atomic E-state index is 9.54. The molecule has 68 valence electrons. The van der Waals surface area contributed by atoms with E-state index in [1.807, 2.05) is 0 Å². The Labute approximate surface area is 78.2 Å². The highest BCUT2D eigenvalue weighted by atomic mass is 32.1. The molecule has 0 bridgehead atoms. The van der Waals surface area contributed by atoms with Crippen LogP contribution in [-0.4, -0.2) is 24.3 Å². The lowest BCUT2D eigenvalue weighted by atomic mass is 10.5. The van der Waals surface area contributed by atoms with E-state index in [1.54, 1.807) is 11.6 Å². The summed E-state index contributed by atoms with van der Waals surface area (Å²) >= 11 is 4.90. The number of hydrogen-bond acceptors (Lipinski definition) is 5. The number of fused-ring (bicyclic) bond motifs is 1. The number of nitrogen functional groups attached to an aromatic ring is 1. The molecule has 0 aliphatic rings. The highest BCUT2D eigenvalue weighted by Gasteiger charge is 2.10. The van der Waals surface area contributed by atoms with E-state index in [1.165, 1.54) is 10.8 Å². The zero-order chi connectivity index (χ0) is 9.59. The summed E-state index contributed by atoms with van der Waals surface area (Å²) in [4.78, 5) is 3.74. The molecule has 7 heteroatoms. The van der Waals surface area contributed by atoms with Crippen molar-refractivity contribution in [1.82, 2.24) is 19.2 Å². The fraction of sp³-hybridized carbons (Fsp3) is 0.167. The van der Waals surface area contributed by atoms with Crippen LogP contribution in [-0.2, 0) is 7.05 Å². The molecule has 13 heavy (non-hydrogen) atoms. The van der Waals surface area contributed by atoms with Crippen molar-refractivity contribution < 1.29 is 5.11 Å². The number of anilines is 1. The molecule has 0 aromatic carbocycles. The van der Waals surface area contributed by atoms with E-state index in [4.69, 9.17) is 18.0 Å². The van der Waals surface area contributed by atoms with Gasteiger partial charge in [0.1, 0.15) is 6.33 Å². The first-order chi connectivity index (χ1) is 6.11. The molecule has 0 fully saturated rings. The monoisotopic (exact) mass is 197 g/mol. The molecule has 0 aliphatic carbocycles. The Morgan fingerprint density at radius 3 is 3.00 bits per heavy atom. The van der Waals surface area contributed by atoms with Gasteiger partial charge in [0.15, 0.2) is 11.5 Å². The van der Waals surface area contributed by atoms with Crippen molar-refractivity contribution in [2.24, 2.45) is 7.05 Å². The van der Waals surface area contributed by atoms with Crippen LogP contribution in [0.3, 0.4) is 0 Å². The van der Waals surface area contributed by atoms with Gasteiger partial charge in [0.05, 0.1) is 0 Å². The highest BCUT2D eigenvalue weighted by molar-refractivity contribution is 7.71. The topological polar surface area (TPSA) is 81.4 Å². The molecule has 2 rings (SSSR count). The second-order valence-corrected chi connectivity index (χ2v) is 2.97. The normalized spacial score (nSPS) is 10.8. The van der Waals surface area contributed by atoms with Crippen molar-refractivity contribution in [3.8, 4) is 5.75 Å². The standard InChI is InChI=1S/C6H7N5OS/c1-10-2-8-11-5(10)3(12)4(7)9-6(11)13/h2,12H,1H3,(H2,7,9,13). The van der Waals surface area contributed by atoms with Crippen LogP contribution >= 0.6 is 12.2 Å². The maximum Gasteiger partial charge on any atom is 0.224 e. The van der Waals surface area contributed by atoms with Crippen molar-refractivity contribution in [2.45, 2.75) is 0 Å². The third-order valence-electron chi connectivity index (χ3n) is 1.73. The average molecular weight is 197 g/mol. The predicted molar refractivity (Wildman–Crippen MR) is 48.9 cm³/mol. The van der Waals surface area contributed by atoms with Gasteiger partial charge in [-0.15, -0.1) is 0 Å². The SMILES string of the molecule is Cn1cnn2c(=S)nc(N)c(O)c12. The molecular formula is C6H7N5OS. The first kappa shape index (κ1) is 7.99. The van der Waals surface area contributed by atoms with Crippen LogP contribution in [0.4, 0.5) is 5.82 Å². The van der Waals surface area contributed by atoms with Gasteiger partial charge in [-0.1, -0.05) is 0 Å². The summed E-state index contributed by atoms with van der Waals surface area (Å²) in [5.74, 6) is -0.0813. The van der Waals surface area contributed by atoms with Gasteiger partial charge in [-0.05, 0) is 12.2 Å². The summed E-state index contributed by atoms with van der Waals surface area (Å²) in [6.45, 7) is 0. The van der Waals surface area contributed by atoms with Crippen LogP contribution in [0, 0.1) is 4.77 Å². The van der Waals surface area contributed by atoms with Crippen LogP contribution in [0.2, 0.25) is 0 Å². The first-order valence-electron chi connectivity index (χ1n) is 3.50. The van der Waals surface area contributed by atoms with Crippen molar-refractivity contribution in [3.05, 3.63) is 11.1 Å². The molecule has 2 aromatic heterocycles. The largest absolute Gasteiger partial charge is 0.502 e. The molecular weight excluding hydrogens is 190 g/mol. The Balaban J connectivity index is 3.10. The van der Waals surface area contributed by atoms with Crippen molar-refractivity contribution in [2.75, 3.05) is 5.73 Å². The molecule has 0 radical (unpaired) electrons. The fourth-order valence-corrected chi connectivity index (χ4v) is 1.35. The lowest BCUT2D eigenvalue weighted by Gasteiger charge is -2.00. The van der Waals surface area contributed by atoms with Crippen LogP contribution in [0.15, 0.2) is 6.33 Å². The molecule has 0 aliphatic heterocycles. The summed E-state index contributed by atoms with van der Waals surface area (Å²) in [7, 11) is 1.73. The lowest BCUT2D eigenvalue weighted by molar-refractivity contribution is 0.475. The van der Waals surface area contributed by atoms with E-state index < -0.39 is 0 Å². The summed E-state index contributed by atoms with van der Waals surface area (Å²) in [5, 5.41) is 13.5. The molecule has 6 nitrogen and oxygen atoms in total. The number of nitrogens with two attached hydrogens (primary N) is 1. The van der Waals surface area contributed by atoms with Gasteiger partial charge in [-0.3, -0.25) is 0 Å². The fourth-order valence-electron chi connectivity index (χ4n) is 1.11. The second-order valence-electron chi connectivity index (χ2n) is 2.61. The molecule has 2 heterocycles. The maximum atomic E-state index is 9.54. The van der Waals surface area contributed by atoms with E-state index >= 15 is 0 Å². The van der Waals surface area contributed by atoms with Gasteiger partial charge in [0.2, 0.25) is 10.5 Å². The highest BCUT2D eigenvalue weighted by Crippen LogP contribution is 2.22. The van der Waals surface area contributed by atoms with Crippen LogP contribution < -0.4 is 5.73 Å². The summed E-state index contributed by atoms with van der Waals surface area (Å²) < 4.78 is 3.19. The molecule has 0 saturated carbocycles. The average Bonchev–Trinajstić information content (AvgIpc) is 2.44. The minimum absolute atomic E-state index is 0.0219. The Hall–Kier alpha value is -1.63. The van der Waals surface area contributed by atoms with Gasteiger partial charge >= 0.3 is 0 Å². The molecule has 0 saturated heterocycles. The number of aromatic hydroxyl groups is 1. The van der Waals surface area contributed by atoms with Gasteiger partial charge in [-0.25, -0.2) is 0 Å². The Kier molecular flexibility index (Phi) is 1.49. The van der Waals surface area contributed by atoms with E-state index in [0.29, 0.717) is 5.65 Å². The van der Waals surface area contributed by atoms with Crippen molar-refractivity contribution in [1.29, 1.82) is 0 Å². The first-order valence-corrected chi connectivity index (χ1v) is 3.91. The van der Waals surface area contributed by atoms with E-state index in [-0.39, 0.29) is 16.3 Å². The summed E-state index contributed by atoms with van der Waals surface area (Å²) in [6, 6.07) is 0. The van der Waals surface area contributed by atoms with E-state index in [2.05, 4.69) is 10.1 Å². The van der Waals surface area contributed by atoms with Crippen molar-refractivity contribution in [3.63, 3.8) is 0 Å². The molecule has 0 atom stereocenters. The van der Waals surface area contributed by atoms with Crippen LogP contribution in [0.25, 0.3) is 5.65 Å². The summed E-state index contributed by atoms with van der Waals surface area (Å²) in [6.07, 6.45) is 1.52. The third-order valence-corrected chi connectivity index (χ3v) is 1.99. The molecule has 2 aromatic rings. The Morgan fingerprint density at radius 2 is 2.31 bits per heavy atom. The van der Waals surface area contributed by atoms with E-state index in [0.717, 1.165) is 0 Å². The molecule has 0 spiro atoms. The number of aromatic nitrogens is 4. The number of aryl methyl sites for hydroxylation is 1. The Morgan fingerprint density at radius 1 is 1.62 bits per heavy atom. The molecule has 3 N–H and O–H groups in total. The van der Waals surface area contributed by atoms with Crippen LogP contribution in [0.1, 0.15) is 0 Å². The second kappa shape index (κ2) is 2.43. The smallest absolute Gasteiger partial charge is 0.224 e. The number of hydrogen-bond donors (Lipinski definition) is 2. The van der Waals surface area contributed by atoms with Gasteiger partial charge in [0, 0.05) is 7.05 Å². The lowest BCUT2D eigenvalue weighted by Crippen LogP contribution is -2.00. The third kappa shape index (κ3) is 0.970. The van der Waals surface area contributed by atoms with E-state index in [9.17, 15) is 5.11 Å². The van der Waals surface area contributed by atoms with Crippen molar-refractivity contribution >= 4 is 23.7 Å². The Bertz CT molecular complexity index is 528. The zero-order valence-electron chi connectivity index (χ0n) is 6.80. The van der Waals surface area contributed by atoms with Gasteiger partial charge < -0.3 is 15.4 Å². The van der Waals surface area contributed by atoms with Gasteiger partial charge in [0.25, 0.3) is 0 Å². The number of nitrogens with zero attached hydrogens (tertiary/aromatic N) is 4. The minimum Gasteiger partial charge on any atom is -0.502 e. The zero-order valence-corrected chi connectivity index (χ0v) is 7.62. The molecule has 0 unspecified atom stereocenters. The minimum atomic E-state index is -0.103.